The van der Waals surface area contributed by atoms with E-state index < -0.39 is 16.0 Å². The fourth-order valence-electron chi connectivity index (χ4n) is 2.62. The summed E-state index contributed by atoms with van der Waals surface area (Å²) >= 11 is 0. The second-order valence-electron chi connectivity index (χ2n) is 5.08. The van der Waals surface area contributed by atoms with Crippen LogP contribution in [0.15, 0.2) is 23.1 Å². The molecule has 1 atom stereocenters. The van der Waals surface area contributed by atoms with Crippen molar-refractivity contribution in [2.75, 3.05) is 6.54 Å². The van der Waals surface area contributed by atoms with E-state index >= 15 is 0 Å². The third-order valence-corrected chi connectivity index (χ3v) is 5.80. The number of carboxylic acid groups (broad SMARTS) is 1. The summed E-state index contributed by atoms with van der Waals surface area (Å²) in [5.41, 5.74) is 0.714. The summed E-state index contributed by atoms with van der Waals surface area (Å²) in [6.45, 7) is 4.23. The van der Waals surface area contributed by atoms with E-state index in [2.05, 4.69) is 0 Å². The van der Waals surface area contributed by atoms with E-state index in [0.29, 0.717) is 18.5 Å². The van der Waals surface area contributed by atoms with Gasteiger partial charge in [0.25, 0.3) is 0 Å². The van der Waals surface area contributed by atoms with Crippen LogP contribution in [0.5, 0.6) is 0 Å². The number of sulfonamides is 1. The average molecular weight is 297 g/mol. The summed E-state index contributed by atoms with van der Waals surface area (Å²) in [5.74, 6) is -1.09. The minimum Gasteiger partial charge on any atom is -0.478 e. The number of benzene rings is 1. The number of aryl methyl sites for hydroxylation is 1. The SMILES string of the molecule is CCc1ccc(S(=O)(=O)N2CCCC2C)cc1C(=O)O. The third kappa shape index (κ3) is 2.58. The maximum atomic E-state index is 12.6. The third-order valence-electron chi connectivity index (χ3n) is 3.79. The van der Waals surface area contributed by atoms with Gasteiger partial charge in [-0.1, -0.05) is 13.0 Å². The topological polar surface area (TPSA) is 74.7 Å². The number of rotatable bonds is 4. The standard InChI is InChI=1S/C14H19NO4S/c1-3-11-6-7-12(9-13(11)14(16)17)20(18,19)15-8-4-5-10(15)2/h6-7,9-10H,3-5,8H2,1-2H3,(H,16,17). The molecule has 1 aliphatic heterocycles. The van der Waals surface area contributed by atoms with Crippen LogP contribution in [0.1, 0.15) is 42.6 Å². The molecule has 6 heteroatoms. The first-order valence-electron chi connectivity index (χ1n) is 6.76. The van der Waals surface area contributed by atoms with Gasteiger partial charge < -0.3 is 5.11 Å². The molecule has 1 unspecified atom stereocenters. The quantitative estimate of drug-likeness (QED) is 0.923. The van der Waals surface area contributed by atoms with Gasteiger partial charge in [-0.3, -0.25) is 0 Å². The molecule has 1 aliphatic rings. The Bertz CT molecular complexity index is 624. The molecule has 1 N–H and O–H groups in total. The predicted molar refractivity (Wildman–Crippen MR) is 75.4 cm³/mol. The highest BCUT2D eigenvalue weighted by atomic mass is 32.2. The van der Waals surface area contributed by atoms with Crippen LogP contribution >= 0.6 is 0 Å². The lowest BCUT2D eigenvalue weighted by molar-refractivity contribution is 0.0695. The lowest BCUT2D eigenvalue weighted by Gasteiger charge is -2.21. The molecule has 2 rings (SSSR count). The molecule has 0 bridgehead atoms. The highest BCUT2D eigenvalue weighted by Gasteiger charge is 2.33. The average Bonchev–Trinajstić information content (AvgIpc) is 2.84. The Kier molecular flexibility index (Phi) is 4.15. The molecule has 0 aromatic heterocycles. The van der Waals surface area contributed by atoms with Crippen LogP contribution in [0.4, 0.5) is 0 Å². The molecule has 0 amide bonds. The van der Waals surface area contributed by atoms with Crippen molar-refractivity contribution in [1.82, 2.24) is 4.31 Å². The Labute approximate surface area is 119 Å². The van der Waals surface area contributed by atoms with Crippen LogP contribution in [0, 0.1) is 0 Å². The van der Waals surface area contributed by atoms with Gasteiger partial charge in [-0.15, -0.1) is 0 Å². The number of aromatic carboxylic acids is 1. The van der Waals surface area contributed by atoms with Gasteiger partial charge in [0.15, 0.2) is 0 Å². The molecule has 0 saturated carbocycles. The number of hydrogen-bond acceptors (Lipinski definition) is 3. The van der Waals surface area contributed by atoms with E-state index in [9.17, 15) is 18.3 Å². The fraction of sp³-hybridized carbons (Fsp3) is 0.500. The minimum atomic E-state index is -3.60. The van der Waals surface area contributed by atoms with Gasteiger partial charge in [0.05, 0.1) is 10.5 Å². The van der Waals surface area contributed by atoms with E-state index in [0.717, 1.165) is 12.8 Å². The molecule has 0 aliphatic carbocycles. The Morgan fingerprint density at radius 2 is 2.15 bits per heavy atom. The van der Waals surface area contributed by atoms with Crippen molar-refractivity contribution in [3.05, 3.63) is 29.3 Å². The van der Waals surface area contributed by atoms with Crippen molar-refractivity contribution in [3.63, 3.8) is 0 Å². The molecular formula is C14H19NO4S. The Morgan fingerprint density at radius 3 is 2.65 bits per heavy atom. The lowest BCUT2D eigenvalue weighted by atomic mass is 10.1. The monoisotopic (exact) mass is 297 g/mol. The van der Waals surface area contributed by atoms with Gasteiger partial charge in [0.2, 0.25) is 10.0 Å². The second-order valence-corrected chi connectivity index (χ2v) is 6.98. The molecule has 20 heavy (non-hydrogen) atoms. The van der Waals surface area contributed by atoms with Gasteiger partial charge in [-0.25, -0.2) is 13.2 Å². The molecule has 110 valence electrons. The molecule has 1 fully saturated rings. The molecule has 0 spiro atoms. The molecule has 1 saturated heterocycles. The largest absolute Gasteiger partial charge is 0.478 e. The first-order valence-corrected chi connectivity index (χ1v) is 8.20. The second kappa shape index (κ2) is 5.54. The zero-order chi connectivity index (χ0) is 14.9. The summed E-state index contributed by atoms with van der Waals surface area (Å²) in [7, 11) is -3.60. The van der Waals surface area contributed by atoms with E-state index in [1.165, 1.54) is 16.4 Å². The summed E-state index contributed by atoms with van der Waals surface area (Å²) in [4.78, 5) is 11.3. The molecule has 0 radical (unpaired) electrons. The van der Waals surface area contributed by atoms with Gasteiger partial charge >= 0.3 is 5.97 Å². The highest BCUT2D eigenvalue weighted by molar-refractivity contribution is 7.89. The van der Waals surface area contributed by atoms with Gasteiger partial charge in [0, 0.05) is 12.6 Å². The maximum Gasteiger partial charge on any atom is 0.336 e. The van der Waals surface area contributed by atoms with Gasteiger partial charge in [-0.05, 0) is 43.9 Å². The Morgan fingerprint density at radius 1 is 1.45 bits per heavy atom. The maximum absolute atomic E-state index is 12.6. The molecule has 1 heterocycles. The normalized spacial score (nSPS) is 20.2. The summed E-state index contributed by atoms with van der Waals surface area (Å²) in [5, 5.41) is 9.20. The Balaban J connectivity index is 2.47. The van der Waals surface area contributed by atoms with Crippen molar-refractivity contribution in [3.8, 4) is 0 Å². The van der Waals surface area contributed by atoms with Crippen molar-refractivity contribution in [2.45, 2.75) is 44.0 Å². The summed E-state index contributed by atoms with van der Waals surface area (Å²) in [6, 6.07) is 4.35. The van der Waals surface area contributed by atoms with Crippen LogP contribution < -0.4 is 0 Å². The van der Waals surface area contributed by atoms with Gasteiger partial charge in [-0.2, -0.15) is 4.31 Å². The van der Waals surface area contributed by atoms with Crippen LogP contribution in [0.2, 0.25) is 0 Å². The van der Waals surface area contributed by atoms with E-state index in [4.69, 9.17) is 0 Å². The van der Waals surface area contributed by atoms with E-state index in [-0.39, 0.29) is 16.5 Å². The lowest BCUT2D eigenvalue weighted by Crippen LogP contribution is -2.33. The fourth-order valence-corrected chi connectivity index (χ4v) is 4.35. The Hall–Kier alpha value is -1.40. The summed E-state index contributed by atoms with van der Waals surface area (Å²) < 4.78 is 26.6. The molecular weight excluding hydrogens is 278 g/mol. The van der Waals surface area contributed by atoms with Crippen LogP contribution in [0.3, 0.4) is 0 Å². The zero-order valence-corrected chi connectivity index (χ0v) is 12.5. The van der Waals surface area contributed by atoms with Crippen molar-refractivity contribution in [1.29, 1.82) is 0 Å². The molecule has 5 nitrogen and oxygen atoms in total. The predicted octanol–water partition coefficient (Wildman–Crippen LogP) is 2.12. The highest BCUT2D eigenvalue weighted by Crippen LogP contribution is 2.27. The zero-order valence-electron chi connectivity index (χ0n) is 11.7. The van der Waals surface area contributed by atoms with Crippen molar-refractivity contribution >= 4 is 16.0 Å². The smallest absolute Gasteiger partial charge is 0.336 e. The van der Waals surface area contributed by atoms with Crippen molar-refractivity contribution in [2.24, 2.45) is 0 Å². The number of carbonyl (C=O) groups is 1. The molecule has 1 aromatic carbocycles. The van der Waals surface area contributed by atoms with Crippen LogP contribution in [-0.4, -0.2) is 36.4 Å². The van der Waals surface area contributed by atoms with Crippen LogP contribution in [0.25, 0.3) is 0 Å². The number of nitrogens with zero attached hydrogens (tertiary/aromatic N) is 1. The van der Waals surface area contributed by atoms with E-state index in [1.807, 2.05) is 13.8 Å². The van der Waals surface area contributed by atoms with Crippen molar-refractivity contribution < 1.29 is 18.3 Å². The first-order chi connectivity index (χ1) is 9.37. The minimum absolute atomic E-state index is 0.0286. The van der Waals surface area contributed by atoms with Crippen LogP contribution in [-0.2, 0) is 16.4 Å². The number of hydrogen-bond donors (Lipinski definition) is 1. The van der Waals surface area contributed by atoms with Gasteiger partial charge in [0.1, 0.15) is 0 Å². The summed E-state index contributed by atoms with van der Waals surface area (Å²) in [6.07, 6.45) is 2.25. The number of carboxylic acids is 1. The first kappa shape index (κ1) is 15.0. The van der Waals surface area contributed by atoms with E-state index in [1.54, 1.807) is 6.07 Å². The molecule has 1 aromatic rings.